The van der Waals surface area contributed by atoms with Gasteiger partial charge in [-0.1, -0.05) is 19.8 Å². The molecule has 1 saturated heterocycles. The van der Waals surface area contributed by atoms with Crippen LogP contribution < -0.4 is 5.73 Å². The standard InChI is InChI=1S/C14H26N2O/c1-11-6-5-9-16(12(11)2)13(17)10-14(15)7-3-4-8-14/h11-12H,3-10,15H2,1-2H3. The van der Waals surface area contributed by atoms with Gasteiger partial charge < -0.3 is 10.6 Å². The van der Waals surface area contributed by atoms with Gasteiger partial charge in [-0.15, -0.1) is 0 Å². The fourth-order valence-corrected chi connectivity index (χ4v) is 3.35. The molecule has 1 amide bonds. The molecule has 2 atom stereocenters. The zero-order chi connectivity index (χ0) is 12.5. The lowest BCUT2D eigenvalue weighted by atomic mass is 9.89. The molecule has 1 aliphatic heterocycles. The van der Waals surface area contributed by atoms with Gasteiger partial charge in [-0.3, -0.25) is 4.79 Å². The third-order valence-corrected chi connectivity index (χ3v) is 4.80. The summed E-state index contributed by atoms with van der Waals surface area (Å²) in [5.74, 6) is 0.915. The minimum Gasteiger partial charge on any atom is -0.340 e. The Kier molecular flexibility index (Phi) is 3.76. The third kappa shape index (κ3) is 2.82. The Labute approximate surface area is 105 Å². The van der Waals surface area contributed by atoms with Crippen molar-refractivity contribution in [1.29, 1.82) is 0 Å². The number of carbonyl (C=O) groups excluding carboxylic acids is 1. The minimum absolute atomic E-state index is 0.197. The molecule has 3 nitrogen and oxygen atoms in total. The number of nitrogens with two attached hydrogens (primary N) is 1. The van der Waals surface area contributed by atoms with Gasteiger partial charge in [0.05, 0.1) is 0 Å². The first-order valence-corrected chi connectivity index (χ1v) is 7.10. The molecule has 17 heavy (non-hydrogen) atoms. The maximum Gasteiger partial charge on any atom is 0.224 e. The van der Waals surface area contributed by atoms with Crippen LogP contribution in [0.15, 0.2) is 0 Å². The Hall–Kier alpha value is -0.570. The fourth-order valence-electron chi connectivity index (χ4n) is 3.35. The van der Waals surface area contributed by atoms with Gasteiger partial charge in [0.25, 0.3) is 0 Å². The molecule has 0 aromatic heterocycles. The number of nitrogens with zero attached hydrogens (tertiary/aromatic N) is 1. The maximum absolute atomic E-state index is 12.4. The highest BCUT2D eigenvalue weighted by Gasteiger charge is 2.36. The van der Waals surface area contributed by atoms with E-state index in [9.17, 15) is 4.79 Å². The van der Waals surface area contributed by atoms with Gasteiger partial charge in [0.15, 0.2) is 0 Å². The number of hydrogen-bond donors (Lipinski definition) is 1. The number of piperidine rings is 1. The SMILES string of the molecule is CC1CCCN(C(=O)CC2(N)CCCC2)C1C. The van der Waals surface area contributed by atoms with E-state index in [4.69, 9.17) is 5.73 Å². The van der Waals surface area contributed by atoms with Crippen LogP contribution in [0.2, 0.25) is 0 Å². The van der Waals surface area contributed by atoms with Crippen molar-refractivity contribution in [3.63, 3.8) is 0 Å². The fraction of sp³-hybridized carbons (Fsp3) is 0.929. The van der Waals surface area contributed by atoms with Crippen LogP contribution >= 0.6 is 0 Å². The summed E-state index contributed by atoms with van der Waals surface area (Å²) >= 11 is 0. The van der Waals surface area contributed by atoms with Crippen molar-refractivity contribution in [2.75, 3.05) is 6.54 Å². The zero-order valence-corrected chi connectivity index (χ0v) is 11.2. The van der Waals surface area contributed by atoms with E-state index in [1.165, 1.54) is 19.3 Å². The van der Waals surface area contributed by atoms with E-state index in [1.54, 1.807) is 0 Å². The second-order valence-electron chi connectivity index (χ2n) is 6.19. The Morgan fingerprint density at radius 2 is 1.94 bits per heavy atom. The molecule has 2 aliphatic rings. The zero-order valence-electron chi connectivity index (χ0n) is 11.2. The molecule has 2 N–H and O–H groups in total. The normalized spacial score (nSPS) is 32.8. The molecule has 2 unspecified atom stereocenters. The van der Waals surface area contributed by atoms with E-state index < -0.39 is 0 Å². The lowest BCUT2D eigenvalue weighted by molar-refractivity contribution is -0.137. The van der Waals surface area contributed by atoms with E-state index in [-0.39, 0.29) is 11.4 Å². The van der Waals surface area contributed by atoms with Crippen molar-refractivity contribution in [3.05, 3.63) is 0 Å². The van der Waals surface area contributed by atoms with Crippen LogP contribution in [0.5, 0.6) is 0 Å². The highest BCUT2D eigenvalue weighted by Crippen LogP contribution is 2.32. The summed E-state index contributed by atoms with van der Waals surface area (Å²) in [6, 6.07) is 0.390. The molecule has 0 bridgehead atoms. The minimum atomic E-state index is -0.197. The molecule has 1 aliphatic carbocycles. The van der Waals surface area contributed by atoms with Crippen molar-refractivity contribution in [2.24, 2.45) is 11.7 Å². The number of amides is 1. The van der Waals surface area contributed by atoms with Crippen LogP contribution in [0, 0.1) is 5.92 Å². The molecule has 0 aromatic carbocycles. The largest absolute Gasteiger partial charge is 0.340 e. The van der Waals surface area contributed by atoms with Crippen molar-refractivity contribution in [1.82, 2.24) is 4.90 Å². The van der Waals surface area contributed by atoms with Gasteiger partial charge in [0.1, 0.15) is 0 Å². The summed E-state index contributed by atoms with van der Waals surface area (Å²) in [6.07, 6.45) is 7.39. The van der Waals surface area contributed by atoms with Crippen molar-refractivity contribution < 1.29 is 4.79 Å². The Morgan fingerprint density at radius 1 is 1.29 bits per heavy atom. The van der Waals surface area contributed by atoms with Crippen molar-refractivity contribution in [3.8, 4) is 0 Å². The predicted octanol–water partition coefficient (Wildman–Crippen LogP) is 2.29. The van der Waals surface area contributed by atoms with E-state index in [2.05, 4.69) is 18.7 Å². The smallest absolute Gasteiger partial charge is 0.224 e. The first kappa shape index (κ1) is 12.9. The summed E-state index contributed by atoms with van der Waals surface area (Å²) in [5, 5.41) is 0. The first-order valence-electron chi connectivity index (χ1n) is 7.10. The quantitative estimate of drug-likeness (QED) is 0.802. The van der Waals surface area contributed by atoms with E-state index in [0.717, 1.165) is 25.8 Å². The predicted molar refractivity (Wildman–Crippen MR) is 69.6 cm³/mol. The average Bonchev–Trinajstić information content (AvgIpc) is 2.68. The van der Waals surface area contributed by atoms with Crippen LogP contribution in [0.3, 0.4) is 0 Å². The molecule has 0 spiro atoms. The van der Waals surface area contributed by atoms with Gasteiger partial charge in [-0.2, -0.15) is 0 Å². The molecule has 2 fully saturated rings. The van der Waals surface area contributed by atoms with E-state index in [0.29, 0.717) is 18.4 Å². The second-order valence-corrected chi connectivity index (χ2v) is 6.19. The van der Waals surface area contributed by atoms with Crippen LogP contribution in [0.1, 0.15) is 58.8 Å². The Bertz CT molecular complexity index is 284. The van der Waals surface area contributed by atoms with Gasteiger partial charge in [-0.05, 0) is 38.5 Å². The lowest BCUT2D eigenvalue weighted by Gasteiger charge is -2.39. The molecule has 1 heterocycles. The Morgan fingerprint density at radius 3 is 2.59 bits per heavy atom. The molecule has 0 aromatic rings. The summed E-state index contributed by atoms with van der Waals surface area (Å²) in [4.78, 5) is 14.4. The van der Waals surface area contributed by atoms with Crippen LogP contribution in [0.25, 0.3) is 0 Å². The van der Waals surface area contributed by atoms with Crippen LogP contribution in [-0.4, -0.2) is 28.9 Å². The monoisotopic (exact) mass is 238 g/mol. The number of rotatable bonds is 2. The van der Waals surface area contributed by atoms with Gasteiger partial charge in [0, 0.05) is 24.5 Å². The average molecular weight is 238 g/mol. The lowest BCUT2D eigenvalue weighted by Crippen LogP contribution is -2.50. The van der Waals surface area contributed by atoms with Gasteiger partial charge >= 0.3 is 0 Å². The summed E-state index contributed by atoms with van der Waals surface area (Å²) in [5.41, 5.74) is 6.10. The summed E-state index contributed by atoms with van der Waals surface area (Å²) < 4.78 is 0. The number of carbonyl (C=O) groups is 1. The van der Waals surface area contributed by atoms with Crippen molar-refractivity contribution >= 4 is 5.91 Å². The highest BCUT2D eigenvalue weighted by atomic mass is 16.2. The molecular weight excluding hydrogens is 212 g/mol. The highest BCUT2D eigenvalue weighted by molar-refractivity contribution is 5.78. The van der Waals surface area contributed by atoms with Crippen LogP contribution in [-0.2, 0) is 4.79 Å². The molecule has 3 heteroatoms. The first-order chi connectivity index (χ1) is 8.02. The third-order valence-electron chi connectivity index (χ3n) is 4.80. The molecule has 1 saturated carbocycles. The van der Waals surface area contributed by atoms with E-state index >= 15 is 0 Å². The molecule has 2 rings (SSSR count). The van der Waals surface area contributed by atoms with Gasteiger partial charge in [-0.25, -0.2) is 0 Å². The van der Waals surface area contributed by atoms with Gasteiger partial charge in [0.2, 0.25) is 5.91 Å². The van der Waals surface area contributed by atoms with Crippen molar-refractivity contribution in [2.45, 2.75) is 70.4 Å². The summed E-state index contributed by atoms with van der Waals surface area (Å²) in [6.45, 7) is 5.36. The molecule has 0 radical (unpaired) electrons. The second kappa shape index (κ2) is 4.97. The molecular formula is C14H26N2O. The Balaban J connectivity index is 1.95. The number of likely N-dealkylation sites (tertiary alicyclic amines) is 1. The maximum atomic E-state index is 12.4. The van der Waals surface area contributed by atoms with Crippen LogP contribution in [0.4, 0.5) is 0 Å². The topological polar surface area (TPSA) is 46.3 Å². The number of hydrogen-bond acceptors (Lipinski definition) is 2. The summed E-state index contributed by atoms with van der Waals surface area (Å²) in [7, 11) is 0. The van der Waals surface area contributed by atoms with E-state index in [1.807, 2.05) is 0 Å². The molecule has 98 valence electrons.